The van der Waals surface area contributed by atoms with Gasteiger partial charge in [-0.15, -0.1) is 12.4 Å². The molecule has 0 amide bonds. The summed E-state index contributed by atoms with van der Waals surface area (Å²) < 4.78 is 62.8. The molecule has 1 aliphatic heterocycles. The van der Waals surface area contributed by atoms with Gasteiger partial charge in [-0.05, 0) is 19.4 Å². The minimum Gasteiger partial charge on any atom is -0.312 e. The highest BCUT2D eigenvalue weighted by molar-refractivity contribution is 5.85. The van der Waals surface area contributed by atoms with Crippen molar-refractivity contribution in [2.24, 2.45) is 0 Å². The van der Waals surface area contributed by atoms with Crippen LogP contribution in [0.2, 0.25) is 0 Å². The molecule has 1 N–H and O–H groups in total. The van der Waals surface area contributed by atoms with Gasteiger partial charge in [0.05, 0.1) is 6.61 Å². The van der Waals surface area contributed by atoms with E-state index in [1.807, 2.05) is 0 Å². The van der Waals surface area contributed by atoms with Gasteiger partial charge in [0.2, 0.25) is 0 Å². The Morgan fingerprint density at radius 1 is 1.20 bits per heavy atom. The van der Waals surface area contributed by atoms with Crippen LogP contribution < -0.4 is 5.32 Å². The molecule has 0 aromatic rings. The fourth-order valence-electron chi connectivity index (χ4n) is 1.19. The van der Waals surface area contributed by atoms with Gasteiger partial charge in [0.1, 0.15) is 0 Å². The second-order valence-electron chi connectivity index (χ2n) is 3.12. The fourth-order valence-corrected chi connectivity index (χ4v) is 1.19. The number of ether oxygens (including phenoxy) is 1. The van der Waals surface area contributed by atoms with E-state index in [1.54, 1.807) is 0 Å². The summed E-state index contributed by atoms with van der Waals surface area (Å²) in [6.07, 6.45) is -9.34. The minimum absolute atomic E-state index is 0. The maximum absolute atomic E-state index is 12.2. The molecule has 0 radical (unpaired) electrons. The lowest BCUT2D eigenvalue weighted by molar-refractivity contribution is -0.391. The summed E-state index contributed by atoms with van der Waals surface area (Å²) >= 11 is 0. The molecule has 0 saturated carbocycles. The summed E-state index contributed by atoms with van der Waals surface area (Å²) in [5, 5.41) is 2.75. The standard InChI is InChI=1S/C7H10F5NO.ClH/c8-6(9,10)7(11,12)14-4-5-2-1-3-13-5;/h5,13H,1-4H2;1H. The largest absolute Gasteiger partial charge is 0.482 e. The molecule has 0 spiro atoms. The van der Waals surface area contributed by atoms with Gasteiger partial charge in [-0.1, -0.05) is 0 Å². The van der Waals surface area contributed by atoms with Gasteiger partial charge >= 0.3 is 12.3 Å². The van der Waals surface area contributed by atoms with Crippen molar-refractivity contribution < 1.29 is 26.7 Å². The Morgan fingerprint density at radius 3 is 2.20 bits per heavy atom. The molecule has 1 unspecified atom stereocenters. The Morgan fingerprint density at radius 2 is 1.80 bits per heavy atom. The van der Waals surface area contributed by atoms with Crippen LogP contribution in [0.5, 0.6) is 0 Å². The summed E-state index contributed by atoms with van der Waals surface area (Å²) in [6.45, 7) is 0.0120. The van der Waals surface area contributed by atoms with Gasteiger partial charge in [0.25, 0.3) is 0 Å². The first kappa shape index (κ1) is 14.9. The van der Waals surface area contributed by atoms with Crippen LogP contribution in [0.4, 0.5) is 22.0 Å². The quantitative estimate of drug-likeness (QED) is 0.782. The smallest absolute Gasteiger partial charge is 0.312 e. The van der Waals surface area contributed by atoms with Crippen molar-refractivity contribution in [3.05, 3.63) is 0 Å². The van der Waals surface area contributed by atoms with Crippen LogP contribution in [0, 0.1) is 0 Å². The van der Waals surface area contributed by atoms with Crippen LogP contribution in [0.25, 0.3) is 0 Å². The van der Waals surface area contributed by atoms with E-state index in [0.29, 0.717) is 13.0 Å². The van der Waals surface area contributed by atoms with Gasteiger partial charge < -0.3 is 10.1 Å². The SMILES string of the molecule is Cl.FC(F)(F)C(F)(F)OCC1CCCN1. The third-order valence-corrected chi connectivity index (χ3v) is 1.96. The summed E-state index contributed by atoms with van der Waals surface area (Å²) in [5.41, 5.74) is 0. The molecule has 0 aromatic heterocycles. The van der Waals surface area contributed by atoms with E-state index in [9.17, 15) is 22.0 Å². The molecule has 0 bridgehead atoms. The van der Waals surface area contributed by atoms with Crippen LogP contribution in [0.15, 0.2) is 0 Å². The monoisotopic (exact) mass is 255 g/mol. The van der Waals surface area contributed by atoms with Crippen LogP contribution in [-0.4, -0.2) is 31.5 Å². The minimum atomic E-state index is -5.63. The predicted molar refractivity (Wildman–Crippen MR) is 45.2 cm³/mol. The number of rotatable bonds is 3. The number of alkyl halides is 5. The number of hydrogen-bond acceptors (Lipinski definition) is 2. The Labute approximate surface area is 89.6 Å². The topological polar surface area (TPSA) is 21.3 Å². The molecule has 1 saturated heterocycles. The van der Waals surface area contributed by atoms with Crippen molar-refractivity contribution in [2.45, 2.75) is 31.2 Å². The lowest BCUT2D eigenvalue weighted by Gasteiger charge is -2.21. The highest BCUT2D eigenvalue weighted by atomic mass is 35.5. The zero-order valence-electron chi connectivity index (χ0n) is 7.61. The molecule has 0 aliphatic carbocycles. The van der Waals surface area contributed by atoms with E-state index >= 15 is 0 Å². The number of hydrogen-bond donors (Lipinski definition) is 1. The molecular weight excluding hydrogens is 245 g/mol. The molecule has 0 aromatic carbocycles. The van der Waals surface area contributed by atoms with Crippen molar-refractivity contribution in [3.63, 3.8) is 0 Å². The maximum Gasteiger partial charge on any atom is 0.482 e. The summed E-state index contributed by atoms with van der Waals surface area (Å²) in [5.74, 6) is 0. The zero-order valence-corrected chi connectivity index (χ0v) is 8.43. The van der Waals surface area contributed by atoms with Gasteiger partial charge in [0, 0.05) is 6.04 Å². The summed E-state index contributed by atoms with van der Waals surface area (Å²) in [6, 6.07) is -0.400. The molecule has 1 fully saturated rings. The number of nitrogens with one attached hydrogen (secondary N) is 1. The van der Waals surface area contributed by atoms with Crippen molar-refractivity contribution in [1.29, 1.82) is 0 Å². The van der Waals surface area contributed by atoms with Gasteiger partial charge in [0.15, 0.2) is 0 Å². The zero-order chi connectivity index (χ0) is 10.8. The number of halogens is 6. The molecule has 2 nitrogen and oxygen atoms in total. The normalized spacial score (nSPS) is 22.6. The first-order valence-corrected chi connectivity index (χ1v) is 4.15. The van der Waals surface area contributed by atoms with Crippen LogP contribution >= 0.6 is 12.4 Å². The van der Waals surface area contributed by atoms with E-state index in [-0.39, 0.29) is 12.4 Å². The highest BCUT2D eigenvalue weighted by Crippen LogP contribution is 2.36. The van der Waals surface area contributed by atoms with Crippen LogP contribution in [0.3, 0.4) is 0 Å². The average Bonchev–Trinajstić information content (AvgIpc) is 2.50. The van der Waals surface area contributed by atoms with E-state index in [1.165, 1.54) is 0 Å². The molecular formula is C7H11ClF5NO. The van der Waals surface area contributed by atoms with Crippen molar-refractivity contribution in [2.75, 3.05) is 13.2 Å². The molecule has 1 heterocycles. The van der Waals surface area contributed by atoms with Crippen molar-refractivity contribution >= 4 is 12.4 Å². The van der Waals surface area contributed by atoms with Crippen LogP contribution in [-0.2, 0) is 4.74 Å². The Kier molecular flexibility index (Phi) is 5.22. The molecule has 92 valence electrons. The molecule has 15 heavy (non-hydrogen) atoms. The van der Waals surface area contributed by atoms with Gasteiger partial charge in [-0.25, -0.2) is 0 Å². The Hall–Kier alpha value is -0.140. The predicted octanol–water partition coefficient (Wildman–Crippen LogP) is 2.33. The van der Waals surface area contributed by atoms with Crippen LogP contribution in [0.1, 0.15) is 12.8 Å². The third kappa shape index (κ3) is 4.08. The molecule has 8 heteroatoms. The van der Waals surface area contributed by atoms with Gasteiger partial charge in [-0.2, -0.15) is 22.0 Å². The summed E-state index contributed by atoms with van der Waals surface area (Å²) in [7, 11) is 0. The van der Waals surface area contributed by atoms with E-state index in [4.69, 9.17) is 0 Å². The lowest BCUT2D eigenvalue weighted by Crippen LogP contribution is -2.42. The lowest BCUT2D eigenvalue weighted by atomic mass is 10.2. The molecule has 1 atom stereocenters. The first-order valence-electron chi connectivity index (χ1n) is 4.15. The first-order chi connectivity index (χ1) is 6.33. The molecule has 1 aliphatic rings. The van der Waals surface area contributed by atoms with Gasteiger partial charge in [-0.3, -0.25) is 0 Å². The Balaban J connectivity index is 0.00000196. The van der Waals surface area contributed by atoms with Crippen molar-refractivity contribution in [1.82, 2.24) is 5.32 Å². The molecule has 1 rings (SSSR count). The Bertz CT molecular complexity index is 192. The maximum atomic E-state index is 12.2. The average molecular weight is 256 g/mol. The summed E-state index contributed by atoms with van der Waals surface area (Å²) in [4.78, 5) is 0. The van der Waals surface area contributed by atoms with E-state index in [0.717, 1.165) is 6.42 Å². The third-order valence-electron chi connectivity index (χ3n) is 1.96. The van der Waals surface area contributed by atoms with E-state index in [2.05, 4.69) is 10.1 Å². The van der Waals surface area contributed by atoms with E-state index < -0.39 is 24.9 Å². The highest BCUT2D eigenvalue weighted by Gasteiger charge is 2.59. The fraction of sp³-hybridized carbons (Fsp3) is 1.00. The van der Waals surface area contributed by atoms with Crippen molar-refractivity contribution in [3.8, 4) is 0 Å². The second kappa shape index (κ2) is 5.27. The second-order valence-corrected chi connectivity index (χ2v) is 3.12.